The van der Waals surface area contributed by atoms with Gasteiger partial charge in [0, 0.05) is 28.7 Å². The second-order valence-corrected chi connectivity index (χ2v) is 17.5. The van der Waals surface area contributed by atoms with Crippen molar-refractivity contribution in [2.75, 3.05) is 23.1 Å². The Morgan fingerprint density at radius 3 is 2.52 bits per heavy atom. The number of thioether (sulfide) groups is 2. The van der Waals surface area contributed by atoms with Crippen LogP contribution < -0.4 is 16.6 Å². The molecule has 4 aliphatic rings. The van der Waals surface area contributed by atoms with E-state index in [0.29, 0.717) is 27.7 Å². The van der Waals surface area contributed by atoms with E-state index in [0.717, 1.165) is 28.4 Å². The molecule has 1 saturated heterocycles. The standard InChI is InChI=1S/C33H31N9O11S4.Na.H/c1-15-6-25(42-24(35-15)9-40(39-42)14-57(51,52)18-3-5-21(44)23(46)8-18)54-11-17-12-55-31-27(30(48)41(31)28(17)32(49)50)37-29(47)26(19-13-56-33(34)36-19)38-53-10-16-2-4-20(43)22(45)7-16;;/h2-9,13,27,31,39,43-46H,10-12,14H2,1H3,(H2,34,36)(H,37,47)(H,49,50);;/t27-,31-;;/m1../s1. The molecule has 2 amide bonds. The number of sulfone groups is 1. The Bertz CT molecular complexity index is 2470. The van der Waals surface area contributed by atoms with E-state index in [1.54, 1.807) is 13.0 Å². The van der Waals surface area contributed by atoms with Crippen molar-refractivity contribution in [2.24, 2.45) is 10.1 Å². The monoisotopic (exact) mass is 881 g/mol. The Morgan fingerprint density at radius 2 is 1.84 bits per heavy atom. The van der Waals surface area contributed by atoms with Crippen molar-refractivity contribution in [3.63, 3.8) is 0 Å². The number of aliphatic carboxylic acids is 1. The van der Waals surface area contributed by atoms with Crippen LogP contribution in [0.15, 0.2) is 91.2 Å². The Kier molecular flexibility index (Phi) is 12.6. The first-order chi connectivity index (χ1) is 27.1. The number of thiazole rings is 1. The molecule has 25 heteroatoms. The van der Waals surface area contributed by atoms with E-state index < -0.39 is 56.4 Å². The first-order valence-corrected chi connectivity index (χ1v) is 21.0. The minimum absolute atomic E-state index is 0. The van der Waals surface area contributed by atoms with E-state index in [1.807, 2.05) is 0 Å². The molecule has 300 valence electrons. The van der Waals surface area contributed by atoms with Gasteiger partial charge in [0.2, 0.25) is 0 Å². The number of phenols is 4. The number of carboxylic acids is 1. The molecule has 0 radical (unpaired) electrons. The number of nitrogens with one attached hydrogen (secondary N) is 2. The number of hydrogen-bond acceptors (Lipinski definition) is 20. The van der Waals surface area contributed by atoms with Gasteiger partial charge in [-0.2, -0.15) is 0 Å². The fourth-order valence-electron chi connectivity index (χ4n) is 5.83. The van der Waals surface area contributed by atoms with Gasteiger partial charge in [0.25, 0.3) is 11.8 Å². The molecule has 0 saturated carbocycles. The van der Waals surface area contributed by atoms with Crippen LogP contribution in [0, 0.1) is 0 Å². The number of allylic oxidation sites excluding steroid dienone is 1. The zero-order valence-electron chi connectivity index (χ0n) is 29.3. The first kappa shape index (κ1) is 42.7. The third kappa shape index (κ3) is 8.73. The summed E-state index contributed by atoms with van der Waals surface area (Å²) in [5, 5.41) is 59.7. The number of carbonyl (C=O) groups is 3. The molecule has 1 fully saturated rings. The molecule has 0 aliphatic carbocycles. The van der Waals surface area contributed by atoms with Crippen LogP contribution in [0.3, 0.4) is 0 Å². The number of fused-ring (bicyclic) bond motifs is 2. The number of hydrogen-bond donors (Lipinski definition) is 8. The van der Waals surface area contributed by atoms with Crippen LogP contribution in [0.2, 0.25) is 0 Å². The van der Waals surface area contributed by atoms with Gasteiger partial charge in [-0.15, -0.1) is 40.4 Å². The molecule has 3 aromatic rings. The fourth-order valence-corrected chi connectivity index (χ4v) is 10.1. The van der Waals surface area contributed by atoms with Crippen molar-refractivity contribution in [3.05, 3.63) is 87.4 Å². The van der Waals surface area contributed by atoms with Gasteiger partial charge in [-0.1, -0.05) is 11.2 Å². The first-order valence-electron chi connectivity index (χ1n) is 16.4. The molecule has 2 atom stereocenters. The van der Waals surface area contributed by atoms with Crippen LogP contribution >= 0.6 is 34.9 Å². The average Bonchev–Trinajstić information content (AvgIpc) is 3.77. The SMILES string of the molecule is CC1=NC2=CN(CS(=O)(=O)c3ccc(O)c(O)c3)NN2C(SCC2=C(C(=O)O)N3C(=O)[C@@H](NC(=O)C(=NOCc4ccc(O)c(O)c4)c4csc(N)n4)[C@H]3SC2)=C1.[NaH]. The number of anilines is 1. The molecule has 7 rings (SSSR count). The average molecular weight is 882 g/mol. The van der Waals surface area contributed by atoms with Gasteiger partial charge in [-0.3, -0.25) is 19.5 Å². The van der Waals surface area contributed by atoms with E-state index >= 15 is 0 Å². The van der Waals surface area contributed by atoms with Gasteiger partial charge in [0.15, 0.2) is 49.5 Å². The third-order valence-electron chi connectivity index (χ3n) is 8.52. The van der Waals surface area contributed by atoms with E-state index in [9.17, 15) is 48.3 Å². The molecule has 9 N–H and O–H groups in total. The number of rotatable bonds is 13. The maximum atomic E-state index is 13.5. The van der Waals surface area contributed by atoms with Gasteiger partial charge in [-0.05, 0) is 48.4 Å². The summed E-state index contributed by atoms with van der Waals surface area (Å²) < 4.78 is 26.2. The van der Waals surface area contributed by atoms with Gasteiger partial charge in [-0.25, -0.2) is 28.2 Å². The summed E-state index contributed by atoms with van der Waals surface area (Å²) in [4.78, 5) is 54.5. The van der Waals surface area contributed by atoms with Crippen molar-refractivity contribution in [1.82, 2.24) is 30.8 Å². The predicted octanol–water partition coefficient (Wildman–Crippen LogP) is 0.875. The Balaban J connectivity index is 0.00000567. The number of carboxylic acid groups (broad SMARTS) is 1. The molecule has 58 heavy (non-hydrogen) atoms. The number of aliphatic imine (C=N–C) groups is 1. The van der Waals surface area contributed by atoms with E-state index in [1.165, 1.54) is 69.4 Å². The predicted molar refractivity (Wildman–Crippen MR) is 215 cm³/mol. The number of nitrogen functional groups attached to an aromatic ring is 1. The van der Waals surface area contributed by atoms with Gasteiger partial charge >= 0.3 is 35.5 Å². The molecule has 0 bridgehead atoms. The van der Waals surface area contributed by atoms with Crippen molar-refractivity contribution in [3.8, 4) is 23.0 Å². The van der Waals surface area contributed by atoms with E-state index in [4.69, 9.17) is 10.6 Å². The van der Waals surface area contributed by atoms with Crippen molar-refractivity contribution >= 4 is 109 Å². The quantitative estimate of drug-likeness (QED) is 0.0389. The number of carbonyl (C=O) groups excluding carboxylic acids is 2. The van der Waals surface area contributed by atoms with Crippen molar-refractivity contribution in [1.29, 1.82) is 0 Å². The third-order valence-corrected chi connectivity index (χ3v) is 13.2. The van der Waals surface area contributed by atoms with Crippen LogP contribution in [-0.2, 0) is 35.7 Å². The van der Waals surface area contributed by atoms with E-state index in [-0.39, 0.29) is 86.3 Å². The Labute approximate surface area is 363 Å². The molecule has 20 nitrogen and oxygen atoms in total. The van der Waals surface area contributed by atoms with Crippen LogP contribution in [-0.4, -0.2) is 141 Å². The molecule has 5 heterocycles. The number of hydrazine groups is 2. The summed E-state index contributed by atoms with van der Waals surface area (Å²) >= 11 is 3.52. The fraction of sp³-hybridized carbons (Fsp3) is 0.212. The van der Waals surface area contributed by atoms with Gasteiger partial charge in [0.1, 0.15) is 35.3 Å². The minimum atomic E-state index is -3.99. The molecule has 0 unspecified atom stereocenters. The molecule has 4 aliphatic heterocycles. The number of β-lactam (4-membered cyclic amide) rings is 1. The number of aromatic hydroxyl groups is 4. The van der Waals surface area contributed by atoms with E-state index in [2.05, 4.69) is 26.0 Å². The zero-order chi connectivity index (χ0) is 40.8. The number of phenolic OH excluding ortho intramolecular Hbond substituents is 4. The summed E-state index contributed by atoms with van der Waals surface area (Å²) in [5.41, 5.74) is 9.70. The summed E-state index contributed by atoms with van der Waals surface area (Å²) in [7, 11) is -3.99. The number of nitrogens with zero attached hydrogens (tertiary/aromatic N) is 6. The number of nitrogens with two attached hydrogens (primary N) is 1. The van der Waals surface area contributed by atoms with Gasteiger partial charge < -0.3 is 41.4 Å². The number of oxime groups is 1. The number of aromatic nitrogens is 1. The van der Waals surface area contributed by atoms with Crippen LogP contribution in [0.4, 0.5) is 5.13 Å². The maximum absolute atomic E-state index is 13.5. The molecule has 2 aromatic carbocycles. The topological polar surface area (TPSA) is 293 Å². The summed E-state index contributed by atoms with van der Waals surface area (Å²) in [6, 6.07) is 6.06. The molecular weight excluding hydrogens is 850 g/mol. The van der Waals surface area contributed by atoms with Crippen LogP contribution in [0.1, 0.15) is 18.2 Å². The molecule has 1 aromatic heterocycles. The summed E-state index contributed by atoms with van der Waals surface area (Å²) in [5.74, 6) is -4.47. The Morgan fingerprint density at radius 1 is 1.12 bits per heavy atom. The van der Waals surface area contributed by atoms with Crippen LogP contribution in [0.25, 0.3) is 0 Å². The normalized spacial score (nSPS) is 19.0. The van der Waals surface area contributed by atoms with Crippen LogP contribution in [0.5, 0.6) is 23.0 Å². The summed E-state index contributed by atoms with van der Waals surface area (Å²) in [6.45, 7) is 1.54. The molecular formula is C33H32N9NaO11S4. The van der Waals surface area contributed by atoms with Gasteiger partial charge in [0.05, 0.1) is 16.1 Å². The second kappa shape index (κ2) is 17.1. The second-order valence-electron chi connectivity index (χ2n) is 12.5. The number of benzene rings is 2. The zero-order valence-corrected chi connectivity index (χ0v) is 32.5. The van der Waals surface area contributed by atoms with Crippen molar-refractivity contribution in [2.45, 2.75) is 29.8 Å². The molecule has 0 spiro atoms. The van der Waals surface area contributed by atoms with Crippen molar-refractivity contribution < 1.29 is 53.2 Å². The Hall–Kier alpha value is -4.95. The summed E-state index contributed by atoms with van der Waals surface area (Å²) in [6.07, 6.45) is 3.19. The number of amides is 2.